The third-order valence-electron chi connectivity index (χ3n) is 6.27. The number of rotatable bonds is 6. The van der Waals surface area contributed by atoms with Gasteiger partial charge >= 0.3 is 0 Å². The normalized spacial score (nSPS) is 22.0. The van der Waals surface area contributed by atoms with Gasteiger partial charge in [-0.3, -0.25) is 0 Å². The number of ether oxygens (including phenoxy) is 1. The molecule has 1 heterocycles. The van der Waals surface area contributed by atoms with Gasteiger partial charge in [0.2, 0.25) is 0 Å². The van der Waals surface area contributed by atoms with Gasteiger partial charge in [0.05, 0.1) is 11.6 Å². The minimum absolute atomic E-state index is 0.647. The van der Waals surface area contributed by atoms with E-state index < -0.39 is 0 Å². The summed E-state index contributed by atoms with van der Waals surface area (Å²) >= 11 is 3.70. The van der Waals surface area contributed by atoms with Crippen molar-refractivity contribution >= 4 is 15.9 Å². The third-order valence-corrected chi connectivity index (χ3v) is 6.89. The zero-order valence-corrected chi connectivity index (χ0v) is 17.4. The summed E-state index contributed by atoms with van der Waals surface area (Å²) in [5.74, 6) is 2.41. The lowest BCUT2D eigenvalue weighted by Crippen LogP contribution is -2.43. The Kier molecular flexibility index (Phi) is 7.20. The zero-order valence-electron chi connectivity index (χ0n) is 15.8. The number of benzene rings is 1. The van der Waals surface area contributed by atoms with Crippen LogP contribution in [0.1, 0.15) is 56.4 Å². The van der Waals surface area contributed by atoms with Crippen molar-refractivity contribution in [3.8, 4) is 5.75 Å². The van der Waals surface area contributed by atoms with Crippen LogP contribution in [0.3, 0.4) is 0 Å². The van der Waals surface area contributed by atoms with Crippen LogP contribution in [0.4, 0.5) is 0 Å². The Labute approximate surface area is 161 Å². The number of likely N-dealkylation sites (tertiary alicyclic amines) is 1. The summed E-state index contributed by atoms with van der Waals surface area (Å²) in [5, 5.41) is 3.45. The Morgan fingerprint density at radius 3 is 2.48 bits per heavy atom. The van der Waals surface area contributed by atoms with Crippen molar-refractivity contribution in [3.63, 3.8) is 0 Å². The molecule has 1 aliphatic heterocycles. The van der Waals surface area contributed by atoms with Gasteiger partial charge in [-0.15, -0.1) is 0 Å². The Balaban J connectivity index is 1.74. The molecule has 4 heteroatoms. The summed E-state index contributed by atoms with van der Waals surface area (Å²) in [4.78, 5) is 2.70. The summed E-state index contributed by atoms with van der Waals surface area (Å²) in [5.41, 5.74) is 1.48. The van der Waals surface area contributed by atoms with Crippen LogP contribution in [0.5, 0.6) is 5.75 Å². The van der Waals surface area contributed by atoms with Gasteiger partial charge in [0, 0.05) is 12.6 Å². The second kappa shape index (κ2) is 9.38. The first-order valence-corrected chi connectivity index (χ1v) is 10.7. The summed E-state index contributed by atoms with van der Waals surface area (Å²) in [7, 11) is 3.84. The number of methoxy groups -OCH3 is 1. The molecule has 2 fully saturated rings. The van der Waals surface area contributed by atoms with Crippen LogP contribution in [0, 0.1) is 5.92 Å². The fourth-order valence-electron chi connectivity index (χ4n) is 4.66. The first kappa shape index (κ1) is 19.2. The lowest BCUT2D eigenvalue weighted by Gasteiger charge is -2.38. The van der Waals surface area contributed by atoms with E-state index in [1.165, 1.54) is 70.1 Å². The summed E-state index contributed by atoms with van der Waals surface area (Å²) in [6.07, 6.45) is 9.56. The molecular formula is C21H33BrN2O. The molecule has 1 saturated carbocycles. The van der Waals surface area contributed by atoms with Crippen molar-refractivity contribution in [2.75, 3.05) is 33.8 Å². The van der Waals surface area contributed by atoms with Crippen LogP contribution in [-0.4, -0.2) is 44.7 Å². The molecular weight excluding hydrogens is 376 g/mol. The van der Waals surface area contributed by atoms with Crippen LogP contribution in [0.25, 0.3) is 0 Å². The smallest absolute Gasteiger partial charge is 0.133 e. The van der Waals surface area contributed by atoms with Crippen molar-refractivity contribution in [3.05, 3.63) is 28.2 Å². The van der Waals surface area contributed by atoms with Gasteiger partial charge in [0.15, 0.2) is 0 Å². The lowest BCUT2D eigenvalue weighted by atomic mass is 9.76. The number of piperidine rings is 1. The van der Waals surface area contributed by atoms with Crippen LogP contribution in [-0.2, 0) is 0 Å². The average Bonchev–Trinajstić information content (AvgIpc) is 2.67. The highest BCUT2D eigenvalue weighted by molar-refractivity contribution is 9.10. The van der Waals surface area contributed by atoms with E-state index >= 15 is 0 Å². The van der Waals surface area contributed by atoms with Crippen LogP contribution >= 0.6 is 15.9 Å². The molecule has 2 aliphatic rings. The number of hydrogen-bond donors (Lipinski definition) is 1. The molecule has 1 aromatic rings. The molecule has 0 spiro atoms. The number of halogens is 1. The maximum Gasteiger partial charge on any atom is 0.133 e. The van der Waals surface area contributed by atoms with Gasteiger partial charge in [-0.05, 0) is 91.3 Å². The van der Waals surface area contributed by atoms with Crippen LogP contribution in [0.15, 0.2) is 22.7 Å². The van der Waals surface area contributed by atoms with Gasteiger partial charge in [-0.2, -0.15) is 0 Å². The highest BCUT2D eigenvalue weighted by Gasteiger charge is 2.29. The first-order valence-electron chi connectivity index (χ1n) is 9.94. The molecule has 1 unspecified atom stereocenters. The van der Waals surface area contributed by atoms with E-state index in [9.17, 15) is 0 Å². The Morgan fingerprint density at radius 1 is 1.16 bits per heavy atom. The van der Waals surface area contributed by atoms with E-state index in [1.807, 2.05) is 0 Å². The summed E-state index contributed by atoms with van der Waals surface area (Å²) in [6.45, 7) is 3.66. The lowest BCUT2D eigenvalue weighted by molar-refractivity contribution is 0.164. The molecule has 25 heavy (non-hydrogen) atoms. The molecule has 0 amide bonds. The molecule has 1 N–H and O–H groups in total. The van der Waals surface area contributed by atoms with E-state index in [2.05, 4.69) is 51.4 Å². The van der Waals surface area contributed by atoms with Crippen molar-refractivity contribution < 1.29 is 4.74 Å². The third kappa shape index (κ3) is 4.99. The van der Waals surface area contributed by atoms with Crippen LogP contribution < -0.4 is 10.1 Å². The van der Waals surface area contributed by atoms with E-state index in [0.29, 0.717) is 12.0 Å². The predicted molar refractivity (Wildman–Crippen MR) is 109 cm³/mol. The molecule has 3 nitrogen and oxygen atoms in total. The van der Waals surface area contributed by atoms with Gasteiger partial charge < -0.3 is 15.0 Å². The molecule has 0 radical (unpaired) electrons. The van der Waals surface area contributed by atoms with E-state index in [4.69, 9.17) is 4.74 Å². The monoisotopic (exact) mass is 408 g/mol. The van der Waals surface area contributed by atoms with Gasteiger partial charge in [-0.1, -0.05) is 25.3 Å². The second-order valence-corrected chi connectivity index (χ2v) is 8.62. The fraction of sp³-hybridized carbons (Fsp3) is 0.714. The summed E-state index contributed by atoms with van der Waals surface area (Å²) in [6, 6.07) is 7.43. The Hall–Kier alpha value is -0.580. The van der Waals surface area contributed by atoms with Crippen molar-refractivity contribution in [1.82, 2.24) is 10.2 Å². The minimum atomic E-state index is 0.647. The van der Waals surface area contributed by atoms with E-state index in [-0.39, 0.29) is 0 Å². The minimum Gasteiger partial charge on any atom is -0.496 e. The maximum atomic E-state index is 5.44. The largest absolute Gasteiger partial charge is 0.496 e. The second-order valence-electron chi connectivity index (χ2n) is 7.76. The quantitative estimate of drug-likeness (QED) is 0.730. The number of nitrogens with zero attached hydrogens (tertiary/aromatic N) is 1. The Morgan fingerprint density at radius 2 is 1.88 bits per heavy atom. The standard InChI is InChI=1S/C21H33BrN2O/c1-23-18-10-12-24(13-11-18)15-19(16-6-4-3-5-7-16)17-8-9-21(25-2)20(22)14-17/h8-9,14,16,18-19,23H,3-7,10-13,15H2,1-2H3. The van der Waals surface area contributed by atoms with Crippen LogP contribution in [0.2, 0.25) is 0 Å². The van der Waals surface area contributed by atoms with Crippen molar-refractivity contribution in [2.45, 2.75) is 56.9 Å². The molecule has 0 bridgehead atoms. The predicted octanol–water partition coefficient (Wildman–Crippen LogP) is 4.81. The Bertz CT molecular complexity index is 537. The van der Waals surface area contributed by atoms with Gasteiger partial charge in [-0.25, -0.2) is 0 Å². The zero-order chi connectivity index (χ0) is 17.6. The topological polar surface area (TPSA) is 24.5 Å². The molecule has 1 atom stereocenters. The molecule has 0 aromatic heterocycles. The molecule has 1 aliphatic carbocycles. The highest BCUT2D eigenvalue weighted by Crippen LogP contribution is 2.39. The fourth-order valence-corrected chi connectivity index (χ4v) is 5.22. The number of nitrogens with one attached hydrogen (secondary N) is 1. The SMILES string of the molecule is CNC1CCN(CC(c2ccc(OC)c(Br)c2)C2CCCCC2)CC1. The van der Waals surface area contributed by atoms with Gasteiger partial charge in [0.25, 0.3) is 0 Å². The van der Waals surface area contributed by atoms with E-state index in [1.54, 1.807) is 7.11 Å². The first-order chi connectivity index (χ1) is 12.2. The van der Waals surface area contributed by atoms with Gasteiger partial charge in [0.1, 0.15) is 5.75 Å². The molecule has 3 rings (SSSR count). The molecule has 1 saturated heterocycles. The van der Waals surface area contributed by atoms with Crippen molar-refractivity contribution in [2.24, 2.45) is 5.92 Å². The maximum absolute atomic E-state index is 5.44. The average molecular weight is 409 g/mol. The van der Waals surface area contributed by atoms with Crippen molar-refractivity contribution in [1.29, 1.82) is 0 Å². The summed E-state index contributed by atoms with van der Waals surface area (Å²) < 4.78 is 6.52. The molecule has 1 aromatic carbocycles. The van der Waals surface area contributed by atoms with E-state index in [0.717, 1.165) is 16.1 Å². The number of hydrogen-bond acceptors (Lipinski definition) is 3. The highest BCUT2D eigenvalue weighted by atomic mass is 79.9. The molecule has 140 valence electrons.